The SMILES string of the molecule is C=CCN(C(=O)CN1CCOCC1)c1nc(-c2ccc(Cl)c(Cl)c2)cs1. The van der Waals surface area contributed by atoms with Gasteiger partial charge in [-0.3, -0.25) is 14.6 Å². The minimum absolute atomic E-state index is 0.00170. The lowest BCUT2D eigenvalue weighted by Gasteiger charge is -2.28. The molecule has 0 radical (unpaired) electrons. The summed E-state index contributed by atoms with van der Waals surface area (Å²) in [7, 11) is 0. The van der Waals surface area contributed by atoms with E-state index in [9.17, 15) is 4.79 Å². The Kier molecular flexibility index (Phi) is 6.67. The van der Waals surface area contributed by atoms with Crippen molar-refractivity contribution in [1.29, 1.82) is 0 Å². The Morgan fingerprint density at radius 3 is 2.81 bits per heavy atom. The molecule has 0 aliphatic carbocycles. The van der Waals surface area contributed by atoms with E-state index in [1.165, 1.54) is 11.3 Å². The number of thiazole rings is 1. The second-order valence-corrected chi connectivity index (χ2v) is 7.48. The van der Waals surface area contributed by atoms with Gasteiger partial charge in [-0.1, -0.05) is 35.3 Å². The zero-order valence-corrected chi connectivity index (χ0v) is 16.5. The number of aromatic nitrogens is 1. The van der Waals surface area contributed by atoms with E-state index in [2.05, 4.69) is 16.5 Å². The highest BCUT2D eigenvalue weighted by Gasteiger charge is 2.22. The van der Waals surface area contributed by atoms with E-state index in [-0.39, 0.29) is 5.91 Å². The maximum atomic E-state index is 12.8. The van der Waals surface area contributed by atoms with Crippen molar-refractivity contribution in [3.63, 3.8) is 0 Å². The lowest BCUT2D eigenvalue weighted by Crippen LogP contribution is -2.45. The van der Waals surface area contributed by atoms with Crippen LogP contribution in [0.4, 0.5) is 5.13 Å². The Balaban J connectivity index is 1.77. The number of morpholine rings is 1. The molecule has 0 unspecified atom stereocenters. The lowest BCUT2D eigenvalue weighted by atomic mass is 10.2. The van der Waals surface area contributed by atoms with Crippen molar-refractivity contribution in [3.05, 3.63) is 46.3 Å². The Morgan fingerprint density at radius 1 is 1.35 bits per heavy atom. The van der Waals surface area contributed by atoms with E-state index in [0.29, 0.717) is 41.5 Å². The van der Waals surface area contributed by atoms with Gasteiger partial charge < -0.3 is 4.74 Å². The number of anilines is 1. The molecule has 0 bridgehead atoms. The van der Waals surface area contributed by atoms with Crippen LogP contribution >= 0.6 is 34.5 Å². The van der Waals surface area contributed by atoms with Gasteiger partial charge in [-0.25, -0.2) is 4.98 Å². The Hall–Kier alpha value is -1.44. The fraction of sp³-hybridized carbons (Fsp3) is 0.333. The van der Waals surface area contributed by atoms with Crippen LogP contribution < -0.4 is 4.90 Å². The van der Waals surface area contributed by atoms with Gasteiger partial charge in [0.15, 0.2) is 5.13 Å². The summed E-state index contributed by atoms with van der Waals surface area (Å²) in [4.78, 5) is 21.1. The number of halogens is 2. The molecule has 0 N–H and O–H groups in total. The van der Waals surface area contributed by atoms with Gasteiger partial charge in [0.1, 0.15) is 0 Å². The summed E-state index contributed by atoms with van der Waals surface area (Å²) in [5, 5.41) is 3.53. The van der Waals surface area contributed by atoms with Gasteiger partial charge in [0.25, 0.3) is 0 Å². The standard InChI is InChI=1S/C18H19Cl2N3O2S/c1-2-5-23(17(24)11-22-6-8-25-9-7-22)18-21-16(12-26-18)13-3-4-14(19)15(20)10-13/h2-4,10,12H,1,5-9,11H2. The van der Waals surface area contributed by atoms with Crippen LogP contribution in [0.5, 0.6) is 0 Å². The summed E-state index contributed by atoms with van der Waals surface area (Å²) in [6, 6.07) is 5.37. The highest BCUT2D eigenvalue weighted by Crippen LogP contribution is 2.31. The van der Waals surface area contributed by atoms with Gasteiger partial charge in [-0.05, 0) is 12.1 Å². The van der Waals surface area contributed by atoms with Gasteiger partial charge in [0.05, 0.1) is 35.5 Å². The molecule has 1 aromatic carbocycles. The molecule has 2 heterocycles. The van der Waals surface area contributed by atoms with Gasteiger partial charge in [-0.2, -0.15) is 0 Å². The smallest absolute Gasteiger partial charge is 0.243 e. The number of carbonyl (C=O) groups excluding carboxylic acids is 1. The van der Waals surface area contributed by atoms with Crippen molar-refractivity contribution < 1.29 is 9.53 Å². The fourth-order valence-electron chi connectivity index (χ4n) is 2.63. The first kappa shape index (κ1) is 19.3. The van der Waals surface area contributed by atoms with Crippen LogP contribution in [-0.4, -0.2) is 55.2 Å². The van der Waals surface area contributed by atoms with Crippen LogP contribution in [0.25, 0.3) is 11.3 Å². The maximum Gasteiger partial charge on any atom is 0.243 e. The Morgan fingerprint density at radius 2 is 2.12 bits per heavy atom. The van der Waals surface area contributed by atoms with E-state index >= 15 is 0 Å². The average molecular weight is 412 g/mol. The molecular formula is C18H19Cl2N3O2S. The van der Waals surface area contributed by atoms with Crippen molar-refractivity contribution in [2.45, 2.75) is 0 Å². The first-order valence-corrected chi connectivity index (χ1v) is 9.84. The molecule has 0 atom stereocenters. The van der Waals surface area contributed by atoms with Crippen molar-refractivity contribution >= 4 is 45.6 Å². The van der Waals surface area contributed by atoms with Gasteiger partial charge >= 0.3 is 0 Å². The summed E-state index contributed by atoms with van der Waals surface area (Å²) in [5.41, 5.74) is 1.62. The van der Waals surface area contributed by atoms with Crippen molar-refractivity contribution in [2.75, 3.05) is 44.3 Å². The number of ether oxygens (including phenoxy) is 1. The maximum absolute atomic E-state index is 12.8. The first-order chi connectivity index (χ1) is 12.6. The van der Waals surface area contributed by atoms with E-state index in [4.69, 9.17) is 27.9 Å². The zero-order chi connectivity index (χ0) is 18.5. The molecule has 1 aliphatic rings. The van der Waals surface area contributed by atoms with E-state index in [1.54, 1.807) is 23.1 Å². The minimum Gasteiger partial charge on any atom is -0.379 e. The third kappa shape index (κ3) is 4.64. The van der Waals surface area contributed by atoms with E-state index in [0.717, 1.165) is 24.3 Å². The molecule has 5 nitrogen and oxygen atoms in total. The molecule has 1 amide bonds. The quantitative estimate of drug-likeness (QED) is 0.674. The fourth-order valence-corrected chi connectivity index (χ4v) is 3.79. The molecular weight excluding hydrogens is 393 g/mol. The predicted octanol–water partition coefficient (Wildman–Crippen LogP) is 3.97. The highest BCUT2D eigenvalue weighted by atomic mass is 35.5. The van der Waals surface area contributed by atoms with Gasteiger partial charge in [-0.15, -0.1) is 17.9 Å². The van der Waals surface area contributed by atoms with Crippen LogP contribution in [0, 0.1) is 0 Å². The molecule has 1 fully saturated rings. The second kappa shape index (κ2) is 8.97. The summed E-state index contributed by atoms with van der Waals surface area (Å²) in [6.07, 6.45) is 1.71. The number of amides is 1. The summed E-state index contributed by atoms with van der Waals surface area (Å²) >= 11 is 13.5. The predicted molar refractivity (Wildman–Crippen MR) is 107 cm³/mol. The Labute approximate surface area is 166 Å². The summed E-state index contributed by atoms with van der Waals surface area (Å²) in [5.74, 6) is 0.00170. The monoisotopic (exact) mass is 411 g/mol. The number of hydrogen-bond donors (Lipinski definition) is 0. The van der Waals surface area contributed by atoms with Crippen molar-refractivity contribution in [3.8, 4) is 11.3 Å². The molecule has 26 heavy (non-hydrogen) atoms. The number of carbonyl (C=O) groups is 1. The van der Waals surface area contributed by atoms with Crippen LogP contribution in [0.1, 0.15) is 0 Å². The van der Waals surface area contributed by atoms with Crippen LogP contribution in [0.2, 0.25) is 10.0 Å². The van der Waals surface area contributed by atoms with Crippen LogP contribution in [-0.2, 0) is 9.53 Å². The number of hydrogen-bond acceptors (Lipinski definition) is 5. The third-order valence-electron chi connectivity index (χ3n) is 4.01. The molecule has 0 saturated carbocycles. The second-order valence-electron chi connectivity index (χ2n) is 5.83. The molecule has 138 valence electrons. The number of benzene rings is 1. The summed E-state index contributed by atoms with van der Waals surface area (Å²) in [6.45, 7) is 7.37. The number of rotatable bonds is 6. The highest BCUT2D eigenvalue weighted by molar-refractivity contribution is 7.14. The molecule has 8 heteroatoms. The normalized spacial score (nSPS) is 15.0. The lowest BCUT2D eigenvalue weighted by molar-refractivity contribution is -0.120. The van der Waals surface area contributed by atoms with E-state index < -0.39 is 0 Å². The first-order valence-electron chi connectivity index (χ1n) is 8.21. The molecule has 3 rings (SSSR count). The molecule has 0 spiro atoms. The van der Waals surface area contributed by atoms with Gasteiger partial charge in [0.2, 0.25) is 5.91 Å². The van der Waals surface area contributed by atoms with Gasteiger partial charge in [0, 0.05) is 30.6 Å². The van der Waals surface area contributed by atoms with Crippen LogP contribution in [0.3, 0.4) is 0 Å². The minimum atomic E-state index is 0.00170. The van der Waals surface area contributed by atoms with Crippen molar-refractivity contribution in [2.24, 2.45) is 0 Å². The average Bonchev–Trinajstić information content (AvgIpc) is 3.12. The molecule has 1 aliphatic heterocycles. The zero-order valence-electron chi connectivity index (χ0n) is 14.2. The largest absolute Gasteiger partial charge is 0.379 e. The molecule has 1 saturated heterocycles. The Bertz CT molecular complexity index is 790. The number of nitrogens with zero attached hydrogens (tertiary/aromatic N) is 3. The van der Waals surface area contributed by atoms with E-state index in [1.807, 2.05) is 11.4 Å². The topological polar surface area (TPSA) is 45.7 Å². The summed E-state index contributed by atoms with van der Waals surface area (Å²) < 4.78 is 5.33. The van der Waals surface area contributed by atoms with Crippen molar-refractivity contribution in [1.82, 2.24) is 9.88 Å². The van der Waals surface area contributed by atoms with Crippen LogP contribution in [0.15, 0.2) is 36.2 Å². The molecule has 1 aromatic heterocycles. The third-order valence-corrected chi connectivity index (χ3v) is 5.62. The molecule has 2 aromatic rings.